The van der Waals surface area contributed by atoms with Crippen molar-refractivity contribution >= 4 is 21.8 Å². The van der Waals surface area contributed by atoms with Crippen LogP contribution in [0, 0.1) is 28.4 Å². The summed E-state index contributed by atoms with van der Waals surface area (Å²) in [4.78, 5) is 0. The first-order chi connectivity index (χ1) is 17.1. The first kappa shape index (κ1) is 21.1. The third-order valence-corrected chi connectivity index (χ3v) is 8.81. The molecule has 0 bridgehead atoms. The molecule has 0 unspecified atom stereocenters. The van der Waals surface area contributed by atoms with Crippen molar-refractivity contribution < 1.29 is 13.5 Å². The summed E-state index contributed by atoms with van der Waals surface area (Å²) < 4.78 is 36.2. The Morgan fingerprint density at radius 1 is 1.09 bits per heavy atom. The van der Waals surface area contributed by atoms with E-state index in [2.05, 4.69) is 20.8 Å². The molecule has 7 heteroatoms. The molecule has 7 rings (SSSR count). The predicted octanol–water partition coefficient (Wildman–Crippen LogP) is 6.60. The fraction of sp³-hybridized carbons (Fsp3) is 0.429. The maximum absolute atomic E-state index is 14.5. The Bertz CT molecular complexity index is 1510. The van der Waals surface area contributed by atoms with Crippen molar-refractivity contribution in [3.05, 3.63) is 58.9 Å². The molecule has 2 aromatic heterocycles. The molecule has 35 heavy (non-hydrogen) atoms. The van der Waals surface area contributed by atoms with Gasteiger partial charge in [0.1, 0.15) is 6.07 Å². The molecule has 3 heterocycles. The molecule has 4 aromatic rings. The van der Waals surface area contributed by atoms with Gasteiger partial charge in [-0.2, -0.15) is 10.4 Å². The predicted molar refractivity (Wildman–Crippen MR) is 129 cm³/mol. The second-order valence-electron chi connectivity index (χ2n) is 10.7. The van der Waals surface area contributed by atoms with Gasteiger partial charge in [-0.1, -0.05) is 6.42 Å². The Morgan fingerprint density at radius 3 is 2.57 bits per heavy atom. The number of hydrogen-bond acceptors (Lipinski definition) is 3. The first-order valence-electron chi connectivity index (χ1n) is 12.6. The zero-order valence-corrected chi connectivity index (χ0v) is 19.4. The van der Waals surface area contributed by atoms with Crippen molar-refractivity contribution in [3.8, 4) is 11.8 Å². The average molecular weight is 473 g/mol. The van der Waals surface area contributed by atoms with Crippen molar-refractivity contribution in [2.24, 2.45) is 5.41 Å². The number of fused-ring (bicyclic) bond motifs is 2. The topological polar surface area (TPSA) is 66.6 Å². The van der Waals surface area contributed by atoms with Crippen LogP contribution in [0.5, 0.6) is 0 Å². The molecule has 5 nitrogen and oxygen atoms in total. The van der Waals surface area contributed by atoms with Gasteiger partial charge in [0, 0.05) is 47.4 Å². The molecular formula is C28H26F2N4O. The zero-order chi connectivity index (χ0) is 23.7. The van der Waals surface area contributed by atoms with Gasteiger partial charge in [0.15, 0.2) is 11.6 Å². The van der Waals surface area contributed by atoms with E-state index < -0.39 is 11.6 Å². The van der Waals surface area contributed by atoms with E-state index in [1.54, 1.807) is 12.3 Å². The molecule has 0 amide bonds. The van der Waals surface area contributed by atoms with Crippen molar-refractivity contribution in [2.75, 3.05) is 13.2 Å². The number of benzene rings is 2. The van der Waals surface area contributed by atoms with Crippen LogP contribution < -0.4 is 0 Å². The number of hydrogen-bond donors (Lipinski definition) is 1. The van der Waals surface area contributed by atoms with Gasteiger partial charge in [-0.3, -0.25) is 5.10 Å². The van der Waals surface area contributed by atoms with Crippen LogP contribution in [0.15, 0.2) is 30.5 Å². The highest BCUT2D eigenvalue weighted by atomic mass is 19.2. The van der Waals surface area contributed by atoms with Crippen LogP contribution in [-0.2, 0) is 4.74 Å². The third kappa shape index (κ3) is 3.02. The van der Waals surface area contributed by atoms with Crippen molar-refractivity contribution in [1.29, 1.82) is 5.26 Å². The lowest BCUT2D eigenvalue weighted by Gasteiger charge is -2.54. The third-order valence-electron chi connectivity index (χ3n) is 8.81. The highest BCUT2D eigenvalue weighted by Gasteiger charge is 2.50. The van der Waals surface area contributed by atoms with Crippen molar-refractivity contribution in [1.82, 2.24) is 14.8 Å². The Kier molecular flexibility index (Phi) is 4.59. The van der Waals surface area contributed by atoms with E-state index in [4.69, 9.17) is 4.74 Å². The van der Waals surface area contributed by atoms with E-state index in [0.717, 1.165) is 53.2 Å². The van der Waals surface area contributed by atoms with Gasteiger partial charge in [0.25, 0.3) is 0 Å². The molecule has 0 radical (unpaired) electrons. The molecule has 1 aliphatic heterocycles. The summed E-state index contributed by atoms with van der Waals surface area (Å²) in [5.41, 5.74) is 5.61. The molecule has 3 fully saturated rings. The van der Waals surface area contributed by atoms with Crippen LogP contribution in [0.2, 0.25) is 0 Å². The molecule has 3 aliphatic rings. The number of aromatic nitrogens is 3. The second kappa shape index (κ2) is 7.63. The molecule has 1 N–H and O–H groups in total. The normalized spacial score (nSPS) is 20.3. The lowest BCUT2D eigenvalue weighted by Crippen LogP contribution is -2.41. The van der Waals surface area contributed by atoms with Crippen LogP contribution in [0.4, 0.5) is 8.78 Å². The number of nitriles is 1. The molecule has 0 atom stereocenters. The fourth-order valence-corrected chi connectivity index (χ4v) is 6.98. The number of nitrogens with one attached hydrogen (secondary N) is 1. The Balaban J connectivity index is 1.57. The summed E-state index contributed by atoms with van der Waals surface area (Å²) in [6, 6.07) is 8.62. The zero-order valence-electron chi connectivity index (χ0n) is 19.4. The molecular weight excluding hydrogens is 446 g/mol. The fourth-order valence-electron chi connectivity index (χ4n) is 6.98. The van der Waals surface area contributed by atoms with Crippen LogP contribution in [0.25, 0.3) is 27.5 Å². The maximum Gasteiger partial charge on any atom is 0.160 e. The smallest absolute Gasteiger partial charge is 0.160 e. The molecule has 2 aliphatic carbocycles. The number of aromatic amines is 1. The van der Waals surface area contributed by atoms with Gasteiger partial charge in [-0.15, -0.1) is 0 Å². The van der Waals surface area contributed by atoms with Crippen LogP contribution in [-0.4, -0.2) is 28.0 Å². The number of rotatable bonds is 3. The number of ether oxygens (including phenoxy) is 1. The van der Waals surface area contributed by atoms with E-state index in [1.807, 2.05) is 6.07 Å². The number of H-pyrrole nitrogens is 1. The second-order valence-corrected chi connectivity index (χ2v) is 10.7. The van der Waals surface area contributed by atoms with Gasteiger partial charge in [-0.25, -0.2) is 8.78 Å². The average Bonchev–Trinajstić information content (AvgIpc) is 3.41. The van der Waals surface area contributed by atoms with E-state index in [9.17, 15) is 14.0 Å². The summed E-state index contributed by atoms with van der Waals surface area (Å²) in [5, 5.41) is 19.3. The lowest BCUT2D eigenvalue weighted by atomic mass is 9.50. The highest BCUT2D eigenvalue weighted by Crippen LogP contribution is 2.64. The van der Waals surface area contributed by atoms with E-state index in [-0.39, 0.29) is 5.92 Å². The van der Waals surface area contributed by atoms with Gasteiger partial charge in [0.2, 0.25) is 0 Å². The Labute approximate surface area is 201 Å². The summed E-state index contributed by atoms with van der Waals surface area (Å²) in [5.74, 6) is -1.15. The summed E-state index contributed by atoms with van der Waals surface area (Å²) in [7, 11) is 0. The lowest BCUT2D eigenvalue weighted by molar-refractivity contribution is 0.00868. The van der Waals surface area contributed by atoms with Crippen molar-refractivity contribution in [3.63, 3.8) is 0 Å². The summed E-state index contributed by atoms with van der Waals surface area (Å²) >= 11 is 0. The Morgan fingerprint density at radius 2 is 1.89 bits per heavy atom. The monoisotopic (exact) mass is 472 g/mol. The van der Waals surface area contributed by atoms with E-state index in [0.29, 0.717) is 35.8 Å². The van der Waals surface area contributed by atoms with Crippen LogP contribution >= 0.6 is 0 Å². The minimum absolute atomic E-state index is 0.222. The highest BCUT2D eigenvalue weighted by molar-refractivity contribution is 6.05. The molecule has 1 spiro atoms. The van der Waals surface area contributed by atoms with E-state index in [1.165, 1.54) is 37.0 Å². The van der Waals surface area contributed by atoms with Crippen LogP contribution in [0.3, 0.4) is 0 Å². The minimum atomic E-state index is -0.870. The largest absolute Gasteiger partial charge is 0.381 e. The molecule has 1 saturated heterocycles. The Hall–Kier alpha value is -3.24. The SMILES string of the molecule is N#Cc1c2[nH]ncc2cc2c1c(C1CC3(CCC3)C1)c(C1CCOCC1)n2-c1ccc(F)c(F)c1. The standard InChI is InChI=1S/C28H26F2N4O/c29-21-3-2-19(11-22(21)30)34-23-10-17-15-32-33-26(17)20(14-31)25(23)24(18-12-28(13-18)6-1-7-28)27(34)16-4-8-35-9-5-16/h2-3,10-11,15-16,18H,1,4-9,12-13H2,(H,32,33). The van der Waals surface area contributed by atoms with Crippen molar-refractivity contribution in [2.45, 2.75) is 56.8 Å². The quantitative estimate of drug-likeness (QED) is 0.365. The number of halogens is 2. The van der Waals surface area contributed by atoms with E-state index >= 15 is 0 Å². The van der Waals surface area contributed by atoms with Gasteiger partial charge < -0.3 is 9.30 Å². The summed E-state index contributed by atoms with van der Waals surface area (Å²) in [6.07, 6.45) is 9.59. The molecule has 178 valence electrons. The molecule has 2 saturated carbocycles. The van der Waals surface area contributed by atoms with Crippen LogP contribution in [0.1, 0.15) is 73.6 Å². The van der Waals surface area contributed by atoms with Gasteiger partial charge in [0.05, 0.1) is 22.8 Å². The number of nitrogens with zero attached hydrogens (tertiary/aromatic N) is 3. The van der Waals surface area contributed by atoms with Gasteiger partial charge >= 0.3 is 0 Å². The molecule has 2 aromatic carbocycles. The minimum Gasteiger partial charge on any atom is -0.381 e. The van der Waals surface area contributed by atoms with Gasteiger partial charge in [-0.05, 0) is 73.6 Å². The summed E-state index contributed by atoms with van der Waals surface area (Å²) in [6.45, 7) is 1.35. The first-order valence-corrected chi connectivity index (χ1v) is 12.6. The maximum atomic E-state index is 14.5.